The highest BCUT2D eigenvalue weighted by Crippen LogP contribution is 2.27. The standard InChI is InChI=1S/C18H31N3/c1-4-15-7-10-21-17(11-15)13-19-18(21)12-16-5-8-20(9-6-16)14(2)3/h13-16H,4-12H2,1-3H3. The minimum Gasteiger partial charge on any atom is -0.332 e. The average Bonchev–Trinajstić information content (AvgIpc) is 2.90. The first-order valence-corrected chi connectivity index (χ1v) is 8.94. The zero-order valence-electron chi connectivity index (χ0n) is 14.0. The molecule has 0 saturated carbocycles. The lowest BCUT2D eigenvalue weighted by atomic mass is 9.91. The van der Waals surface area contributed by atoms with E-state index in [2.05, 4.69) is 36.4 Å². The van der Waals surface area contributed by atoms with Crippen LogP contribution in [0.2, 0.25) is 0 Å². The third-order valence-corrected chi connectivity index (χ3v) is 5.71. The number of hydrogen-bond acceptors (Lipinski definition) is 2. The molecule has 1 atom stereocenters. The summed E-state index contributed by atoms with van der Waals surface area (Å²) in [7, 11) is 0. The van der Waals surface area contributed by atoms with Gasteiger partial charge in [-0.1, -0.05) is 13.3 Å². The van der Waals surface area contributed by atoms with Crippen molar-refractivity contribution in [3.05, 3.63) is 17.7 Å². The highest BCUT2D eigenvalue weighted by atomic mass is 15.1. The van der Waals surface area contributed by atoms with Crippen molar-refractivity contribution < 1.29 is 0 Å². The summed E-state index contributed by atoms with van der Waals surface area (Å²) in [5, 5.41) is 0. The predicted molar refractivity (Wildman–Crippen MR) is 87.5 cm³/mol. The van der Waals surface area contributed by atoms with Crippen molar-refractivity contribution >= 4 is 0 Å². The minimum absolute atomic E-state index is 0.705. The molecule has 1 fully saturated rings. The maximum atomic E-state index is 4.76. The molecule has 0 radical (unpaired) electrons. The van der Waals surface area contributed by atoms with Gasteiger partial charge < -0.3 is 9.47 Å². The van der Waals surface area contributed by atoms with Crippen molar-refractivity contribution in [2.45, 2.75) is 71.9 Å². The minimum atomic E-state index is 0.705. The summed E-state index contributed by atoms with van der Waals surface area (Å²) in [4.78, 5) is 7.38. The number of rotatable bonds is 4. The molecular formula is C18H31N3. The number of aromatic nitrogens is 2. The summed E-state index contributed by atoms with van der Waals surface area (Å²) in [6.07, 6.45) is 9.95. The van der Waals surface area contributed by atoms with Crippen LogP contribution in [0, 0.1) is 11.8 Å². The summed E-state index contributed by atoms with van der Waals surface area (Å²) < 4.78 is 2.53. The summed E-state index contributed by atoms with van der Waals surface area (Å²) in [6.45, 7) is 10.7. The Morgan fingerprint density at radius 2 is 1.86 bits per heavy atom. The van der Waals surface area contributed by atoms with Crippen LogP contribution in [-0.4, -0.2) is 33.6 Å². The summed E-state index contributed by atoms with van der Waals surface area (Å²) in [5.41, 5.74) is 1.49. The Labute approximate surface area is 129 Å². The van der Waals surface area contributed by atoms with E-state index in [9.17, 15) is 0 Å². The lowest BCUT2D eigenvalue weighted by Crippen LogP contribution is -2.39. The number of piperidine rings is 1. The number of fused-ring (bicyclic) bond motifs is 1. The van der Waals surface area contributed by atoms with E-state index >= 15 is 0 Å². The van der Waals surface area contributed by atoms with Gasteiger partial charge in [-0.05, 0) is 64.5 Å². The molecule has 1 aromatic heterocycles. The molecule has 0 N–H and O–H groups in total. The third-order valence-electron chi connectivity index (χ3n) is 5.71. The monoisotopic (exact) mass is 289 g/mol. The first-order valence-electron chi connectivity index (χ1n) is 8.94. The largest absolute Gasteiger partial charge is 0.332 e. The lowest BCUT2D eigenvalue weighted by molar-refractivity contribution is 0.148. The van der Waals surface area contributed by atoms with Crippen molar-refractivity contribution in [1.29, 1.82) is 0 Å². The molecule has 1 aromatic rings. The van der Waals surface area contributed by atoms with Gasteiger partial charge in [0.05, 0.1) is 0 Å². The zero-order valence-corrected chi connectivity index (χ0v) is 14.0. The molecular weight excluding hydrogens is 258 g/mol. The van der Waals surface area contributed by atoms with E-state index in [-0.39, 0.29) is 0 Å². The average molecular weight is 289 g/mol. The van der Waals surface area contributed by atoms with Crippen LogP contribution in [0.5, 0.6) is 0 Å². The molecule has 2 aliphatic heterocycles. The van der Waals surface area contributed by atoms with Gasteiger partial charge in [-0.2, -0.15) is 0 Å². The van der Waals surface area contributed by atoms with Crippen LogP contribution in [0.4, 0.5) is 0 Å². The molecule has 3 heteroatoms. The molecule has 118 valence electrons. The zero-order chi connectivity index (χ0) is 14.8. The Hall–Kier alpha value is -0.830. The fraction of sp³-hybridized carbons (Fsp3) is 0.833. The Morgan fingerprint density at radius 1 is 1.14 bits per heavy atom. The number of imidazole rings is 1. The SMILES string of the molecule is CCC1CCn2c(cnc2CC2CCN(C(C)C)CC2)C1. The summed E-state index contributed by atoms with van der Waals surface area (Å²) >= 11 is 0. The summed E-state index contributed by atoms with van der Waals surface area (Å²) in [5.74, 6) is 3.09. The van der Waals surface area contributed by atoms with E-state index in [0.29, 0.717) is 6.04 Å². The van der Waals surface area contributed by atoms with Gasteiger partial charge in [-0.25, -0.2) is 4.98 Å². The molecule has 0 bridgehead atoms. The Morgan fingerprint density at radius 3 is 2.52 bits per heavy atom. The van der Waals surface area contributed by atoms with E-state index in [1.807, 2.05) is 0 Å². The van der Waals surface area contributed by atoms with E-state index in [1.165, 1.54) is 69.7 Å². The maximum absolute atomic E-state index is 4.76. The van der Waals surface area contributed by atoms with Crippen LogP contribution in [0.15, 0.2) is 6.20 Å². The molecule has 0 amide bonds. The van der Waals surface area contributed by atoms with Gasteiger partial charge in [0.25, 0.3) is 0 Å². The van der Waals surface area contributed by atoms with Crippen molar-refractivity contribution in [3.63, 3.8) is 0 Å². The lowest BCUT2D eigenvalue weighted by Gasteiger charge is -2.34. The fourth-order valence-electron chi connectivity index (χ4n) is 4.04. The first-order chi connectivity index (χ1) is 10.2. The second-order valence-electron chi connectivity index (χ2n) is 7.36. The van der Waals surface area contributed by atoms with Gasteiger partial charge in [-0.15, -0.1) is 0 Å². The van der Waals surface area contributed by atoms with Gasteiger partial charge in [-0.3, -0.25) is 0 Å². The van der Waals surface area contributed by atoms with Crippen LogP contribution in [-0.2, 0) is 19.4 Å². The van der Waals surface area contributed by atoms with E-state index in [0.717, 1.165) is 11.8 Å². The molecule has 21 heavy (non-hydrogen) atoms. The van der Waals surface area contributed by atoms with E-state index < -0.39 is 0 Å². The van der Waals surface area contributed by atoms with Crippen molar-refractivity contribution in [2.75, 3.05) is 13.1 Å². The molecule has 0 spiro atoms. The Kier molecular flexibility index (Phi) is 4.68. The maximum Gasteiger partial charge on any atom is 0.109 e. The highest BCUT2D eigenvalue weighted by Gasteiger charge is 2.25. The smallest absolute Gasteiger partial charge is 0.109 e. The topological polar surface area (TPSA) is 21.1 Å². The Bertz CT molecular complexity index is 455. The molecule has 3 heterocycles. The van der Waals surface area contributed by atoms with Crippen LogP contribution in [0.25, 0.3) is 0 Å². The van der Waals surface area contributed by atoms with Gasteiger partial charge in [0.15, 0.2) is 0 Å². The van der Waals surface area contributed by atoms with Crippen LogP contribution in [0.1, 0.15) is 58.0 Å². The molecule has 3 nitrogen and oxygen atoms in total. The van der Waals surface area contributed by atoms with Crippen molar-refractivity contribution in [2.24, 2.45) is 11.8 Å². The van der Waals surface area contributed by atoms with Gasteiger partial charge in [0, 0.05) is 30.9 Å². The molecule has 0 aliphatic carbocycles. The molecule has 1 saturated heterocycles. The Balaban J connectivity index is 1.59. The van der Waals surface area contributed by atoms with Crippen LogP contribution >= 0.6 is 0 Å². The van der Waals surface area contributed by atoms with Crippen LogP contribution < -0.4 is 0 Å². The first kappa shape index (κ1) is 15.1. The second kappa shape index (κ2) is 6.51. The molecule has 3 rings (SSSR count). The second-order valence-corrected chi connectivity index (χ2v) is 7.36. The molecule has 1 unspecified atom stereocenters. The van der Waals surface area contributed by atoms with Crippen LogP contribution in [0.3, 0.4) is 0 Å². The van der Waals surface area contributed by atoms with E-state index in [1.54, 1.807) is 0 Å². The van der Waals surface area contributed by atoms with Crippen molar-refractivity contribution in [1.82, 2.24) is 14.5 Å². The number of hydrogen-bond donors (Lipinski definition) is 0. The third kappa shape index (κ3) is 3.33. The number of nitrogens with zero attached hydrogens (tertiary/aromatic N) is 3. The fourth-order valence-corrected chi connectivity index (χ4v) is 4.04. The quantitative estimate of drug-likeness (QED) is 0.845. The van der Waals surface area contributed by atoms with Gasteiger partial charge in [0.1, 0.15) is 5.82 Å². The van der Waals surface area contributed by atoms with Crippen molar-refractivity contribution in [3.8, 4) is 0 Å². The van der Waals surface area contributed by atoms with Gasteiger partial charge in [0.2, 0.25) is 0 Å². The summed E-state index contributed by atoms with van der Waals surface area (Å²) in [6, 6.07) is 0.705. The molecule has 2 aliphatic rings. The van der Waals surface area contributed by atoms with E-state index in [4.69, 9.17) is 4.98 Å². The predicted octanol–water partition coefficient (Wildman–Crippen LogP) is 3.52. The van der Waals surface area contributed by atoms with Gasteiger partial charge >= 0.3 is 0 Å². The highest BCUT2D eigenvalue weighted by molar-refractivity contribution is 5.10. The number of likely N-dealkylation sites (tertiary alicyclic amines) is 1. The molecule has 0 aromatic carbocycles. The normalized spacial score (nSPS) is 24.5.